The highest BCUT2D eigenvalue weighted by Crippen LogP contribution is 2.41. The van der Waals surface area contributed by atoms with Crippen LogP contribution in [0.2, 0.25) is 0 Å². The van der Waals surface area contributed by atoms with Crippen molar-refractivity contribution in [3.63, 3.8) is 0 Å². The van der Waals surface area contributed by atoms with Gasteiger partial charge in [-0.3, -0.25) is 4.79 Å². The third kappa shape index (κ3) is 3.93. The largest absolute Gasteiger partial charge is 0.351 e. The Morgan fingerprint density at radius 1 is 1.12 bits per heavy atom. The van der Waals surface area contributed by atoms with E-state index in [0.29, 0.717) is 17.2 Å². The molecular weight excluding hydrogens is 302 g/mol. The highest BCUT2D eigenvalue weighted by molar-refractivity contribution is 5.96. The number of rotatable bonds is 5. The zero-order valence-electron chi connectivity index (χ0n) is 13.6. The number of amides is 3. The molecule has 3 amide bonds. The maximum absolute atomic E-state index is 12.6. The number of carbonyl (C=O) groups is 2. The van der Waals surface area contributed by atoms with Crippen molar-refractivity contribution < 1.29 is 9.59 Å². The maximum atomic E-state index is 12.6. The van der Waals surface area contributed by atoms with Crippen LogP contribution in [0.5, 0.6) is 0 Å². The van der Waals surface area contributed by atoms with E-state index in [1.807, 2.05) is 6.92 Å². The van der Waals surface area contributed by atoms with E-state index >= 15 is 0 Å². The van der Waals surface area contributed by atoms with Crippen LogP contribution in [-0.4, -0.2) is 11.9 Å². The Morgan fingerprint density at radius 2 is 1.83 bits per heavy atom. The van der Waals surface area contributed by atoms with Crippen molar-refractivity contribution in [2.45, 2.75) is 25.8 Å². The standard InChI is InChI=1S/C19H21N3O2/c1-12-5-7-13(8-6-12)17(14-9-10-14)22-18(23)15-3-2-4-16(11-15)21-19(20)24/h2-8,11,14,17H,9-10H2,1H3,(H,22,23)(H3,20,21,24)/t17-/m1/s1. The number of urea groups is 1. The number of carbonyl (C=O) groups excluding carboxylic acids is 2. The highest BCUT2D eigenvalue weighted by atomic mass is 16.2. The predicted molar refractivity (Wildman–Crippen MR) is 93.8 cm³/mol. The number of nitrogens with one attached hydrogen (secondary N) is 2. The van der Waals surface area contributed by atoms with Crippen LogP contribution in [0.15, 0.2) is 48.5 Å². The van der Waals surface area contributed by atoms with Gasteiger partial charge in [-0.15, -0.1) is 0 Å². The number of hydrogen-bond donors (Lipinski definition) is 3. The molecule has 2 aromatic rings. The van der Waals surface area contributed by atoms with E-state index in [4.69, 9.17) is 5.73 Å². The Balaban J connectivity index is 1.76. The Morgan fingerprint density at radius 3 is 2.46 bits per heavy atom. The average molecular weight is 323 g/mol. The lowest BCUT2D eigenvalue weighted by molar-refractivity contribution is 0.0931. The summed E-state index contributed by atoms with van der Waals surface area (Å²) >= 11 is 0. The molecule has 1 saturated carbocycles. The molecule has 0 bridgehead atoms. The fourth-order valence-electron chi connectivity index (χ4n) is 2.78. The molecule has 0 aliphatic heterocycles. The van der Waals surface area contributed by atoms with Gasteiger partial charge in [-0.25, -0.2) is 4.79 Å². The summed E-state index contributed by atoms with van der Waals surface area (Å²) in [6.45, 7) is 2.05. The number of aryl methyl sites for hydroxylation is 1. The van der Waals surface area contributed by atoms with Gasteiger partial charge >= 0.3 is 6.03 Å². The van der Waals surface area contributed by atoms with Crippen molar-refractivity contribution >= 4 is 17.6 Å². The Bertz CT molecular complexity index is 751. The lowest BCUT2D eigenvalue weighted by atomic mass is 10.0. The Hall–Kier alpha value is -2.82. The molecule has 3 rings (SSSR count). The van der Waals surface area contributed by atoms with Crippen LogP contribution >= 0.6 is 0 Å². The molecule has 0 radical (unpaired) electrons. The van der Waals surface area contributed by atoms with Gasteiger partial charge in [0.2, 0.25) is 0 Å². The number of benzene rings is 2. The first-order valence-electron chi connectivity index (χ1n) is 8.07. The van der Waals surface area contributed by atoms with Gasteiger partial charge in [0.15, 0.2) is 0 Å². The summed E-state index contributed by atoms with van der Waals surface area (Å²) < 4.78 is 0. The molecule has 124 valence electrons. The van der Waals surface area contributed by atoms with Crippen LogP contribution in [0.25, 0.3) is 0 Å². The first kappa shape index (κ1) is 16.1. The molecule has 5 nitrogen and oxygen atoms in total. The first-order chi connectivity index (χ1) is 11.5. The number of nitrogens with two attached hydrogens (primary N) is 1. The van der Waals surface area contributed by atoms with E-state index in [2.05, 4.69) is 34.9 Å². The summed E-state index contributed by atoms with van der Waals surface area (Å²) in [7, 11) is 0. The van der Waals surface area contributed by atoms with Crippen molar-refractivity contribution in [2.24, 2.45) is 11.7 Å². The molecule has 2 aromatic carbocycles. The molecule has 1 aliphatic carbocycles. The van der Waals surface area contributed by atoms with E-state index in [1.54, 1.807) is 24.3 Å². The molecule has 0 aromatic heterocycles. The van der Waals surface area contributed by atoms with Crippen molar-refractivity contribution in [1.82, 2.24) is 5.32 Å². The zero-order valence-corrected chi connectivity index (χ0v) is 13.6. The van der Waals surface area contributed by atoms with E-state index < -0.39 is 6.03 Å². The molecular formula is C19H21N3O2. The summed E-state index contributed by atoms with van der Waals surface area (Å²) in [4.78, 5) is 23.6. The third-order valence-corrected chi connectivity index (χ3v) is 4.21. The summed E-state index contributed by atoms with van der Waals surface area (Å²) in [5.41, 5.74) is 8.45. The van der Waals surface area contributed by atoms with Gasteiger partial charge < -0.3 is 16.4 Å². The van der Waals surface area contributed by atoms with Crippen molar-refractivity contribution in [3.05, 3.63) is 65.2 Å². The smallest absolute Gasteiger partial charge is 0.316 e. The quantitative estimate of drug-likeness (QED) is 0.788. The fraction of sp³-hybridized carbons (Fsp3) is 0.263. The summed E-state index contributed by atoms with van der Waals surface area (Å²) in [5, 5.41) is 5.61. The van der Waals surface area contributed by atoms with Crippen molar-refractivity contribution in [3.8, 4) is 0 Å². The minimum Gasteiger partial charge on any atom is -0.351 e. The normalized spacial score (nSPS) is 14.7. The zero-order chi connectivity index (χ0) is 17.1. The van der Waals surface area contributed by atoms with Gasteiger partial charge in [-0.1, -0.05) is 35.9 Å². The molecule has 24 heavy (non-hydrogen) atoms. The lowest BCUT2D eigenvalue weighted by Crippen LogP contribution is -2.30. The van der Waals surface area contributed by atoms with E-state index in [-0.39, 0.29) is 11.9 Å². The summed E-state index contributed by atoms with van der Waals surface area (Å²) in [5.74, 6) is 0.337. The van der Waals surface area contributed by atoms with Crippen molar-refractivity contribution in [1.29, 1.82) is 0 Å². The lowest BCUT2D eigenvalue weighted by Gasteiger charge is -2.19. The Kier molecular flexibility index (Phi) is 4.51. The van der Waals surface area contributed by atoms with Crippen LogP contribution in [0, 0.1) is 12.8 Å². The molecule has 5 heteroatoms. The molecule has 0 spiro atoms. The molecule has 0 saturated heterocycles. The van der Waals surface area contributed by atoms with Gasteiger partial charge in [0.25, 0.3) is 5.91 Å². The van der Waals surface area contributed by atoms with Gasteiger partial charge in [0, 0.05) is 11.3 Å². The van der Waals surface area contributed by atoms with Crippen LogP contribution in [0.3, 0.4) is 0 Å². The second-order valence-electron chi connectivity index (χ2n) is 6.27. The number of primary amides is 1. The predicted octanol–water partition coefficient (Wildman–Crippen LogP) is 3.37. The molecule has 1 aliphatic rings. The van der Waals surface area contributed by atoms with E-state index in [1.165, 1.54) is 5.56 Å². The number of hydrogen-bond acceptors (Lipinski definition) is 2. The monoisotopic (exact) mass is 323 g/mol. The van der Waals surface area contributed by atoms with Crippen molar-refractivity contribution in [2.75, 3.05) is 5.32 Å². The van der Waals surface area contributed by atoms with E-state index in [0.717, 1.165) is 18.4 Å². The number of anilines is 1. The minimum atomic E-state index is -0.650. The van der Waals surface area contributed by atoms with Crippen LogP contribution < -0.4 is 16.4 Å². The van der Waals surface area contributed by atoms with Gasteiger partial charge in [-0.05, 0) is 49.4 Å². The topological polar surface area (TPSA) is 84.2 Å². The molecule has 4 N–H and O–H groups in total. The van der Waals surface area contributed by atoms with Gasteiger partial charge in [-0.2, -0.15) is 0 Å². The van der Waals surface area contributed by atoms with Crippen LogP contribution in [-0.2, 0) is 0 Å². The second kappa shape index (κ2) is 6.74. The average Bonchev–Trinajstić information content (AvgIpc) is 3.38. The van der Waals surface area contributed by atoms with Gasteiger partial charge in [0.05, 0.1) is 6.04 Å². The summed E-state index contributed by atoms with van der Waals surface area (Å²) in [6, 6.07) is 14.4. The second-order valence-corrected chi connectivity index (χ2v) is 6.27. The molecule has 1 fully saturated rings. The van der Waals surface area contributed by atoms with Crippen LogP contribution in [0.1, 0.15) is 40.4 Å². The first-order valence-corrected chi connectivity index (χ1v) is 8.07. The highest BCUT2D eigenvalue weighted by Gasteiger charge is 2.33. The summed E-state index contributed by atoms with van der Waals surface area (Å²) in [6.07, 6.45) is 2.25. The SMILES string of the molecule is Cc1ccc([C@@H](NC(=O)c2cccc(NC(N)=O)c2)C2CC2)cc1. The third-order valence-electron chi connectivity index (χ3n) is 4.21. The minimum absolute atomic E-state index is 0.0193. The van der Waals surface area contributed by atoms with Crippen LogP contribution in [0.4, 0.5) is 10.5 Å². The molecule has 0 unspecified atom stereocenters. The Labute approximate surface area is 141 Å². The molecule has 1 atom stereocenters. The molecule has 0 heterocycles. The van der Waals surface area contributed by atoms with Gasteiger partial charge in [0.1, 0.15) is 0 Å². The fourth-order valence-corrected chi connectivity index (χ4v) is 2.78. The van der Waals surface area contributed by atoms with E-state index in [9.17, 15) is 9.59 Å². The maximum Gasteiger partial charge on any atom is 0.316 e.